The summed E-state index contributed by atoms with van der Waals surface area (Å²) in [6.45, 7) is 0.577. The van der Waals surface area contributed by atoms with Gasteiger partial charge >= 0.3 is 5.69 Å². The molecule has 21 heavy (non-hydrogen) atoms. The van der Waals surface area contributed by atoms with Gasteiger partial charge in [0, 0.05) is 18.1 Å². The molecule has 1 aromatic carbocycles. The lowest BCUT2D eigenvalue weighted by Crippen LogP contribution is -2.13. The van der Waals surface area contributed by atoms with E-state index in [1.807, 2.05) is 30.3 Å². The molecule has 0 fully saturated rings. The molecule has 0 saturated heterocycles. The molecule has 0 spiro atoms. The van der Waals surface area contributed by atoms with Crippen LogP contribution in [0.25, 0.3) is 5.69 Å². The van der Waals surface area contributed by atoms with Crippen LogP contribution in [0.4, 0.5) is 5.69 Å². The Morgan fingerprint density at radius 2 is 2.00 bits per heavy atom. The van der Waals surface area contributed by atoms with Crippen LogP contribution in [-0.4, -0.2) is 9.55 Å². The van der Waals surface area contributed by atoms with Crippen molar-refractivity contribution in [2.24, 2.45) is 0 Å². The third-order valence-electron chi connectivity index (χ3n) is 2.96. The van der Waals surface area contributed by atoms with Crippen LogP contribution in [0, 0.1) is 0 Å². The fourth-order valence-electron chi connectivity index (χ4n) is 1.93. The first kappa shape index (κ1) is 14.2. The van der Waals surface area contributed by atoms with Crippen LogP contribution in [0.3, 0.4) is 0 Å². The first-order valence-electron chi connectivity index (χ1n) is 6.17. The molecule has 0 atom stereocenters. The number of halogens is 2. The Hall–Kier alpha value is -1.73. The highest BCUT2D eigenvalue weighted by atomic mass is 79.9. The van der Waals surface area contributed by atoms with Crippen LogP contribution in [0.15, 0.2) is 61.1 Å². The van der Waals surface area contributed by atoms with Gasteiger partial charge in [-0.3, -0.25) is 4.57 Å². The number of hydrogen-bond donors (Lipinski definition) is 2. The third-order valence-corrected chi connectivity index (χ3v) is 4.67. The molecule has 0 unspecified atom stereocenters. The number of nitrogens with one attached hydrogen (secondary N) is 2. The van der Waals surface area contributed by atoms with Gasteiger partial charge in [0.25, 0.3) is 0 Å². The molecule has 2 heterocycles. The number of nitrogens with zero attached hydrogens (tertiary/aromatic N) is 1. The van der Waals surface area contributed by atoms with Gasteiger partial charge in [0.05, 0.1) is 16.7 Å². The second-order valence-electron chi connectivity index (χ2n) is 4.37. The van der Waals surface area contributed by atoms with Gasteiger partial charge < -0.3 is 14.7 Å². The summed E-state index contributed by atoms with van der Waals surface area (Å²) in [5.74, 6) is 0.819. The van der Waals surface area contributed by atoms with Crippen molar-refractivity contribution in [2.45, 2.75) is 6.54 Å². The fraction of sp³-hybridized carbons (Fsp3) is 0.0714. The molecule has 3 aromatic rings. The predicted octanol–water partition coefficient (Wildman–Crippen LogP) is 3.90. The van der Waals surface area contributed by atoms with Crippen LogP contribution in [0.1, 0.15) is 5.76 Å². The molecule has 0 bridgehead atoms. The van der Waals surface area contributed by atoms with Gasteiger partial charge in [-0.2, -0.15) is 0 Å². The summed E-state index contributed by atoms with van der Waals surface area (Å²) in [5, 5.41) is 3.26. The topological polar surface area (TPSA) is 63.0 Å². The number of hydrogen-bond acceptors (Lipinski definition) is 3. The van der Waals surface area contributed by atoms with Crippen LogP contribution >= 0.6 is 31.9 Å². The lowest BCUT2D eigenvalue weighted by atomic mass is 10.2. The highest BCUT2D eigenvalue weighted by Crippen LogP contribution is 2.27. The summed E-state index contributed by atoms with van der Waals surface area (Å²) < 4.78 is 8.61. The summed E-state index contributed by atoms with van der Waals surface area (Å²) in [7, 11) is 0. The summed E-state index contributed by atoms with van der Waals surface area (Å²) in [4.78, 5) is 14.1. The number of H-pyrrole nitrogens is 1. The number of aromatic amines is 1. The Morgan fingerprint density at radius 1 is 1.24 bits per heavy atom. The minimum Gasteiger partial charge on any atom is -0.451 e. The second kappa shape index (κ2) is 5.95. The molecular formula is C14H11Br2N3O2. The number of benzene rings is 1. The fourth-order valence-corrected chi connectivity index (χ4v) is 2.59. The van der Waals surface area contributed by atoms with Gasteiger partial charge in [-0.15, -0.1) is 0 Å². The normalized spacial score (nSPS) is 10.8. The lowest BCUT2D eigenvalue weighted by molar-refractivity contribution is 0.494. The van der Waals surface area contributed by atoms with E-state index in [-0.39, 0.29) is 5.69 Å². The van der Waals surface area contributed by atoms with E-state index in [4.69, 9.17) is 4.42 Å². The maximum Gasteiger partial charge on any atom is 0.330 e. The summed E-state index contributed by atoms with van der Waals surface area (Å²) in [6.07, 6.45) is 3.31. The van der Waals surface area contributed by atoms with E-state index in [1.165, 1.54) is 0 Å². The summed E-state index contributed by atoms with van der Waals surface area (Å²) in [6, 6.07) is 9.51. The van der Waals surface area contributed by atoms with Gasteiger partial charge in [-0.1, -0.05) is 0 Å². The SMILES string of the molecule is O=c1[nH]ccn1-c1ccc(NCc2cc(Br)c(Br)o2)cc1. The Kier molecular flexibility index (Phi) is 4.03. The van der Waals surface area contributed by atoms with E-state index in [0.29, 0.717) is 11.2 Å². The number of furan rings is 1. The molecule has 0 saturated carbocycles. The first-order chi connectivity index (χ1) is 10.1. The van der Waals surface area contributed by atoms with Crippen LogP contribution in [0.2, 0.25) is 0 Å². The monoisotopic (exact) mass is 411 g/mol. The Morgan fingerprint density at radius 3 is 2.57 bits per heavy atom. The maximum atomic E-state index is 11.5. The van der Waals surface area contributed by atoms with Crippen LogP contribution < -0.4 is 11.0 Å². The Balaban J connectivity index is 1.70. The van der Waals surface area contributed by atoms with Crippen molar-refractivity contribution >= 4 is 37.5 Å². The van der Waals surface area contributed by atoms with Crippen LogP contribution in [0.5, 0.6) is 0 Å². The lowest BCUT2D eigenvalue weighted by Gasteiger charge is -2.06. The zero-order chi connectivity index (χ0) is 14.8. The quantitative estimate of drug-likeness (QED) is 0.683. The van der Waals surface area contributed by atoms with Crippen molar-refractivity contribution in [1.29, 1.82) is 0 Å². The molecule has 3 rings (SSSR count). The predicted molar refractivity (Wildman–Crippen MR) is 87.8 cm³/mol. The van der Waals surface area contributed by atoms with E-state index in [2.05, 4.69) is 42.2 Å². The van der Waals surface area contributed by atoms with Crippen molar-refractivity contribution in [1.82, 2.24) is 9.55 Å². The van der Waals surface area contributed by atoms with Crippen molar-refractivity contribution in [2.75, 3.05) is 5.32 Å². The molecule has 108 valence electrons. The van der Waals surface area contributed by atoms with Crippen LogP contribution in [-0.2, 0) is 6.54 Å². The van der Waals surface area contributed by atoms with E-state index in [0.717, 1.165) is 21.6 Å². The number of rotatable bonds is 4. The van der Waals surface area contributed by atoms with E-state index >= 15 is 0 Å². The Labute approximate surface area is 137 Å². The minimum absolute atomic E-state index is 0.152. The van der Waals surface area contributed by atoms with Crippen molar-refractivity contribution in [3.05, 3.63) is 68.1 Å². The van der Waals surface area contributed by atoms with E-state index in [1.54, 1.807) is 17.0 Å². The molecule has 7 heteroatoms. The average Bonchev–Trinajstić information content (AvgIpc) is 3.04. The molecule has 2 aromatic heterocycles. The van der Waals surface area contributed by atoms with Gasteiger partial charge in [0.1, 0.15) is 5.76 Å². The third kappa shape index (κ3) is 3.14. The van der Waals surface area contributed by atoms with E-state index < -0.39 is 0 Å². The number of aromatic nitrogens is 2. The maximum absolute atomic E-state index is 11.5. The standard InChI is InChI=1S/C14H11Br2N3O2/c15-12-7-11(21-13(12)16)8-18-9-1-3-10(4-2-9)19-6-5-17-14(19)20/h1-7,18H,8H2,(H,17,20). The van der Waals surface area contributed by atoms with Gasteiger partial charge in [0.2, 0.25) is 0 Å². The van der Waals surface area contributed by atoms with Gasteiger partial charge in [-0.25, -0.2) is 4.79 Å². The molecule has 0 aliphatic rings. The van der Waals surface area contributed by atoms with Gasteiger partial charge in [0.15, 0.2) is 4.67 Å². The summed E-state index contributed by atoms with van der Waals surface area (Å²) >= 11 is 6.68. The molecule has 0 aliphatic carbocycles. The molecule has 0 amide bonds. The smallest absolute Gasteiger partial charge is 0.330 e. The van der Waals surface area contributed by atoms with Gasteiger partial charge in [-0.05, 0) is 62.2 Å². The number of anilines is 1. The second-order valence-corrected chi connectivity index (χ2v) is 5.94. The zero-order valence-electron chi connectivity index (χ0n) is 10.8. The number of imidazole rings is 1. The summed E-state index contributed by atoms with van der Waals surface area (Å²) in [5.41, 5.74) is 1.61. The Bertz CT molecular complexity index is 783. The van der Waals surface area contributed by atoms with E-state index in [9.17, 15) is 4.79 Å². The van der Waals surface area contributed by atoms with Crippen molar-refractivity contribution in [3.8, 4) is 5.69 Å². The average molecular weight is 413 g/mol. The molecule has 5 nitrogen and oxygen atoms in total. The van der Waals surface area contributed by atoms with Crippen molar-refractivity contribution < 1.29 is 4.42 Å². The van der Waals surface area contributed by atoms with Crippen molar-refractivity contribution in [3.63, 3.8) is 0 Å². The minimum atomic E-state index is -0.152. The molecule has 0 aliphatic heterocycles. The highest BCUT2D eigenvalue weighted by Gasteiger charge is 2.06. The largest absolute Gasteiger partial charge is 0.451 e. The zero-order valence-corrected chi connectivity index (χ0v) is 13.9. The first-order valence-corrected chi connectivity index (χ1v) is 7.76. The highest BCUT2D eigenvalue weighted by molar-refractivity contribution is 9.13. The molecular weight excluding hydrogens is 402 g/mol. The molecule has 0 radical (unpaired) electrons. The molecule has 2 N–H and O–H groups in total.